The first kappa shape index (κ1) is 21.5. The van der Waals surface area contributed by atoms with E-state index < -0.39 is 0 Å². The van der Waals surface area contributed by atoms with Gasteiger partial charge in [0.25, 0.3) is 0 Å². The number of hydrogen-bond donors (Lipinski definition) is 2. The predicted octanol–water partition coefficient (Wildman–Crippen LogP) is 2.61. The van der Waals surface area contributed by atoms with E-state index in [1.54, 1.807) is 4.90 Å². The van der Waals surface area contributed by atoms with E-state index in [-0.39, 0.29) is 29.9 Å². The number of nitrogens with zero attached hydrogens (tertiary/aromatic N) is 2. The molecular weight excluding hydrogens is 391 g/mol. The van der Waals surface area contributed by atoms with E-state index in [1.807, 2.05) is 7.05 Å². The van der Waals surface area contributed by atoms with E-state index in [0.29, 0.717) is 12.5 Å². The number of carbonyl (C=O) groups excluding carboxylic acids is 1. The van der Waals surface area contributed by atoms with Crippen molar-refractivity contribution in [1.82, 2.24) is 15.5 Å². The number of carbonyl (C=O) groups is 1. The lowest BCUT2D eigenvalue weighted by molar-refractivity contribution is -0.132. The van der Waals surface area contributed by atoms with Crippen LogP contribution < -0.4 is 10.6 Å². The fourth-order valence-corrected chi connectivity index (χ4v) is 2.50. The number of likely N-dealkylation sites (N-methyl/N-ethyl adjacent to an activating group) is 1. The number of likely N-dealkylation sites (tertiary alicyclic amines) is 1. The van der Waals surface area contributed by atoms with Gasteiger partial charge in [-0.25, -0.2) is 0 Å². The van der Waals surface area contributed by atoms with Crippen molar-refractivity contribution >= 4 is 35.8 Å². The van der Waals surface area contributed by atoms with Gasteiger partial charge in [-0.3, -0.25) is 9.79 Å². The van der Waals surface area contributed by atoms with Crippen LogP contribution in [-0.4, -0.2) is 49.5 Å². The molecule has 0 bridgehead atoms. The summed E-state index contributed by atoms with van der Waals surface area (Å²) >= 11 is 0. The first-order chi connectivity index (χ1) is 10.0. The van der Waals surface area contributed by atoms with Crippen molar-refractivity contribution in [3.63, 3.8) is 0 Å². The first-order valence-electron chi connectivity index (χ1n) is 8.31. The summed E-state index contributed by atoms with van der Waals surface area (Å²) in [5.74, 6) is 1.90. The molecule has 0 radical (unpaired) electrons. The van der Waals surface area contributed by atoms with Crippen LogP contribution in [0.25, 0.3) is 0 Å². The highest BCUT2D eigenvalue weighted by atomic mass is 127. The Morgan fingerprint density at radius 2 is 2.14 bits per heavy atom. The molecule has 6 heteroatoms. The first-order valence-corrected chi connectivity index (χ1v) is 8.31. The van der Waals surface area contributed by atoms with Gasteiger partial charge in [0.2, 0.25) is 5.91 Å². The molecule has 0 aromatic heterocycles. The predicted molar refractivity (Wildman–Crippen MR) is 104 cm³/mol. The zero-order chi connectivity index (χ0) is 15.7. The van der Waals surface area contributed by atoms with E-state index >= 15 is 0 Å². The molecule has 0 aromatic rings. The molecule has 22 heavy (non-hydrogen) atoms. The lowest BCUT2D eigenvalue weighted by Gasteiger charge is -2.31. The largest absolute Gasteiger partial charge is 0.357 e. The molecule has 1 aliphatic heterocycles. The third kappa shape index (κ3) is 8.80. The molecule has 1 rings (SSSR count). The van der Waals surface area contributed by atoms with Gasteiger partial charge >= 0.3 is 0 Å². The quantitative estimate of drug-likeness (QED) is 0.286. The number of hydrogen-bond acceptors (Lipinski definition) is 2. The van der Waals surface area contributed by atoms with Crippen molar-refractivity contribution in [3.8, 4) is 0 Å². The summed E-state index contributed by atoms with van der Waals surface area (Å²) in [6, 6.07) is 0.307. The lowest BCUT2D eigenvalue weighted by atomic mass is 10.1. The Morgan fingerprint density at radius 1 is 1.41 bits per heavy atom. The molecule has 1 saturated heterocycles. The zero-order valence-corrected chi connectivity index (χ0v) is 16.9. The van der Waals surface area contributed by atoms with Gasteiger partial charge in [0.1, 0.15) is 0 Å². The van der Waals surface area contributed by atoms with Gasteiger partial charge in [-0.2, -0.15) is 0 Å². The summed E-state index contributed by atoms with van der Waals surface area (Å²) in [6.45, 7) is 9.08. The Labute approximate surface area is 152 Å². The third-order valence-corrected chi connectivity index (χ3v) is 3.77. The molecule has 130 valence electrons. The maximum Gasteiger partial charge on any atom is 0.222 e. The minimum Gasteiger partial charge on any atom is -0.357 e. The highest BCUT2D eigenvalue weighted by molar-refractivity contribution is 14.0. The molecular formula is C16H33IN4O. The van der Waals surface area contributed by atoms with Crippen molar-refractivity contribution in [2.45, 2.75) is 58.9 Å². The Balaban J connectivity index is 0.00000441. The minimum absolute atomic E-state index is 0. The molecule has 1 amide bonds. The standard InChI is InChI=1S/C16H32N4O.HI/c1-5-17-16(18-11-7-6-8-13(2)3)19-14-9-10-15(21)20(4)12-14;/h13-14H,5-12H2,1-4H3,(H2,17,18,19);1H. The molecule has 0 saturated carbocycles. The fourth-order valence-electron chi connectivity index (χ4n) is 2.50. The van der Waals surface area contributed by atoms with Gasteiger partial charge in [0.15, 0.2) is 5.96 Å². The van der Waals surface area contributed by atoms with Gasteiger partial charge in [-0.15, -0.1) is 24.0 Å². The highest BCUT2D eigenvalue weighted by Crippen LogP contribution is 2.09. The molecule has 2 N–H and O–H groups in total. The molecule has 0 spiro atoms. The average molecular weight is 424 g/mol. The van der Waals surface area contributed by atoms with Crippen molar-refractivity contribution in [3.05, 3.63) is 0 Å². The molecule has 0 aromatic carbocycles. The monoisotopic (exact) mass is 424 g/mol. The summed E-state index contributed by atoms with van der Waals surface area (Å²) in [5, 5.41) is 6.74. The van der Waals surface area contributed by atoms with Crippen LogP contribution in [0.4, 0.5) is 0 Å². The van der Waals surface area contributed by atoms with Crippen molar-refractivity contribution < 1.29 is 4.79 Å². The SMILES string of the molecule is CCNC(=NCCCCC(C)C)NC1CCC(=O)N(C)C1.I. The second-order valence-electron chi connectivity index (χ2n) is 6.30. The second kappa shape index (κ2) is 12.0. The van der Waals surface area contributed by atoms with E-state index in [0.717, 1.165) is 44.4 Å². The van der Waals surface area contributed by atoms with Crippen LogP contribution in [0, 0.1) is 5.92 Å². The summed E-state index contributed by atoms with van der Waals surface area (Å²) in [7, 11) is 1.87. The van der Waals surface area contributed by atoms with E-state index in [1.165, 1.54) is 12.8 Å². The van der Waals surface area contributed by atoms with Crippen molar-refractivity contribution in [1.29, 1.82) is 0 Å². The van der Waals surface area contributed by atoms with Crippen LogP contribution >= 0.6 is 24.0 Å². The summed E-state index contributed by atoms with van der Waals surface area (Å²) in [6.07, 6.45) is 5.16. The van der Waals surface area contributed by atoms with Gasteiger partial charge in [0.05, 0.1) is 0 Å². The molecule has 1 aliphatic rings. The number of unbranched alkanes of at least 4 members (excludes halogenated alkanes) is 1. The van der Waals surface area contributed by atoms with E-state index in [9.17, 15) is 4.79 Å². The number of halogens is 1. The number of piperidine rings is 1. The normalized spacial score (nSPS) is 19.1. The maximum atomic E-state index is 11.5. The van der Waals surface area contributed by atoms with Crippen molar-refractivity contribution in [2.24, 2.45) is 10.9 Å². The summed E-state index contributed by atoms with van der Waals surface area (Å²) in [4.78, 5) is 17.9. The van der Waals surface area contributed by atoms with Gasteiger partial charge < -0.3 is 15.5 Å². The summed E-state index contributed by atoms with van der Waals surface area (Å²) in [5.41, 5.74) is 0. The Morgan fingerprint density at radius 3 is 2.73 bits per heavy atom. The fraction of sp³-hybridized carbons (Fsp3) is 0.875. The van der Waals surface area contributed by atoms with Gasteiger partial charge in [-0.1, -0.05) is 26.7 Å². The molecule has 1 heterocycles. The second-order valence-corrected chi connectivity index (χ2v) is 6.30. The van der Waals surface area contributed by atoms with Crippen LogP contribution in [-0.2, 0) is 4.79 Å². The average Bonchev–Trinajstić information content (AvgIpc) is 2.42. The highest BCUT2D eigenvalue weighted by Gasteiger charge is 2.23. The number of rotatable bonds is 7. The Hall–Kier alpha value is -0.530. The Bertz CT molecular complexity index is 347. The molecule has 1 atom stereocenters. The lowest BCUT2D eigenvalue weighted by Crippen LogP contribution is -2.51. The number of guanidine groups is 1. The van der Waals surface area contributed by atoms with E-state index in [2.05, 4.69) is 36.4 Å². The molecule has 5 nitrogen and oxygen atoms in total. The van der Waals surface area contributed by atoms with E-state index in [4.69, 9.17) is 0 Å². The topological polar surface area (TPSA) is 56.7 Å². The molecule has 1 unspecified atom stereocenters. The zero-order valence-electron chi connectivity index (χ0n) is 14.5. The molecule has 0 aliphatic carbocycles. The van der Waals surface area contributed by atoms with Crippen molar-refractivity contribution in [2.75, 3.05) is 26.7 Å². The number of nitrogens with one attached hydrogen (secondary N) is 2. The number of amides is 1. The van der Waals surface area contributed by atoms with Gasteiger partial charge in [-0.05, 0) is 25.7 Å². The molecule has 1 fully saturated rings. The van der Waals surface area contributed by atoms with Crippen LogP contribution in [0.15, 0.2) is 4.99 Å². The van der Waals surface area contributed by atoms with Crippen LogP contribution in [0.2, 0.25) is 0 Å². The van der Waals surface area contributed by atoms with Crippen LogP contribution in [0.3, 0.4) is 0 Å². The Kier molecular flexibility index (Phi) is 11.7. The smallest absolute Gasteiger partial charge is 0.222 e. The minimum atomic E-state index is 0. The van der Waals surface area contributed by atoms with Crippen LogP contribution in [0.5, 0.6) is 0 Å². The third-order valence-electron chi connectivity index (χ3n) is 3.77. The van der Waals surface area contributed by atoms with Gasteiger partial charge in [0, 0.05) is 39.1 Å². The maximum absolute atomic E-state index is 11.5. The van der Waals surface area contributed by atoms with Crippen LogP contribution in [0.1, 0.15) is 52.9 Å². The summed E-state index contributed by atoms with van der Waals surface area (Å²) < 4.78 is 0. The number of aliphatic imine (C=N–C) groups is 1.